The standard InChI is InChI=1S/C13H18O3/c1-8-9(2)12(14)10(6-11(8)16-3)7-13(15)4-5-13/h6,14-15H,4-5,7H2,1-3H3. The lowest BCUT2D eigenvalue weighted by atomic mass is 9.98. The monoisotopic (exact) mass is 222 g/mol. The van der Waals surface area contributed by atoms with Crippen LogP contribution in [0.3, 0.4) is 0 Å². The minimum absolute atomic E-state index is 0.290. The van der Waals surface area contributed by atoms with E-state index in [9.17, 15) is 10.2 Å². The van der Waals surface area contributed by atoms with Crippen molar-refractivity contribution in [3.63, 3.8) is 0 Å². The van der Waals surface area contributed by atoms with Gasteiger partial charge in [0.1, 0.15) is 11.5 Å². The first-order chi connectivity index (χ1) is 7.47. The lowest BCUT2D eigenvalue weighted by molar-refractivity contribution is 0.150. The number of hydrogen-bond donors (Lipinski definition) is 2. The fraction of sp³-hybridized carbons (Fsp3) is 0.538. The lowest BCUT2D eigenvalue weighted by Crippen LogP contribution is -2.11. The minimum atomic E-state index is -0.593. The summed E-state index contributed by atoms with van der Waals surface area (Å²) in [6.07, 6.45) is 2.15. The molecule has 88 valence electrons. The molecule has 3 nitrogen and oxygen atoms in total. The molecule has 0 heterocycles. The SMILES string of the molecule is COc1cc(CC2(O)CC2)c(O)c(C)c1C. The first-order valence-corrected chi connectivity index (χ1v) is 5.55. The molecule has 1 aliphatic carbocycles. The van der Waals surface area contributed by atoms with Gasteiger partial charge in [0.15, 0.2) is 0 Å². The van der Waals surface area contributed by atoms with Gasteiger partial charge in [0.25, 0.3) is 0 Å². The normalized spacial score (nSPS) is 17.2. The molecule has 2 rings (SSSR count). The summed E-state index contributed by atoms with van der Waals surface area (Å²) in [5.74, 6) is 1.06. The van der Waals surface area contributed by atoms with E-state index in [4.69, 9.17) is 4.74 Å². The van der Waals surface area contributed by atoms with Crippen molar-refractivity contribution in [1.82, 2.24) is 0 Å². The third-order valence-electron chi connectivity index (χ3n) is 3.46. The number of phenolic OH excluding ortho intramolecular Hbond substituents is 1. The number of benzene rings is 1. The Bertz CT molecular complexity index is 420. The highest BCUT2D eigenvalue weighted by molar-refractivity contribution is 5.52. The van der Waals surface area contributed by atoms with E-state index in [0.29, 0.717) is 12.2 Å². The van der Waals surface area contributed by atoms with Crippen molar-refractivity contribution in [3.8, 4) is 11.5 Å². The summed E-state index contributed by atoms with van der Waals surface area (Å²) in [5, 5.41) is 19.9. The van der Waals surface area contributed by atoms with Crippen LogP contribution in [-0.2, 0) is 6.42 Å². The Morgan fingerprint density at radius 1 is 1.31 bits per heavy atom. The van der Waals surface area contributed by atoms with E-state index in [0.717, 1.165) is 35.3 Å². The molecular weight excluding hydrogens is 204 g/mol. The Hall–Kier alpha value is -1.22. The van der Waals surface area contributed by atoms with E-state index in [2.05, 4.69) is 0 Å². The van der Waals surface area contributed by atoms with Crippen molar-refractivity contribution >= 4 is 0 Å². The summed E-state index contributed by atoms with van der Waals surface area (Å²) >= 11 is 0. The fourth-order valence-electron chi connectivity index (χ4n) is 1.96. The maximum absolute atomic E-state index is 10.0. The van der Waals surface area contributed by atoms with Crippen LogP contribution >= 0.6 is 0 Å². The van der Waals surface area contributed by atoms with Gasteiger partial charge >= 0.3 is 0 Å². The summed E-state index contributed by atoms with van der Waals surface area (Å²) < 4.78 is 5.26. The number of methoxy groups -OCH3 is 1. The van der Waals surface area contributed by atoms with Crippen molar-refractivity contribution in [2.45, 2.75) is 38.7 Å². The van der Waals surface area contributed by atoms with E-state index in [-0.39, 0.29) is 0 Å². The van der Waals surface area contributed by atoms with Crippen LogP contribution in [0.1, 0.15) is 29.5 Å². The average Bonchev–Trinajstić information content (AvgIpc) is 2.97. The minimum Gasteiger partial charge on any atom is -0.507 e. The van der Waals surface area contributed by atoms with Crippen molar-refractivity contribution in [3.05, 3.63) is 22.8 Å². The lowest BCUT2D eigenvalue weighted by Gasteiger charge is -2.15. The third kappa shape index (κ3) is 1.87. The highest BCUT2D eigenvalue weighted by Gasteiger charge is 2.41. The van der Waals surface area contributed by atoms with E-state index < -0.39 is 5.60 Å². The third-order valence-corrected chi connectivity index (χ3v) is 3.46. The molecule has 0 radical (unpaired) electrons. The molecule has 1 aromatic carbocycles. The highest BCUT2D eigenvalue weighted by Crippen LogP contribution is 2.42. The van der Waals surface area contributed by atoms with Gasteiger partial charge in [0.2, 0.25) is 0 Å². The van der Waals surface area contributed by atoms with E-state index >= 15 is 0 Å². The predicted molar refractivity (Wildman–Crippen MR) is 62.0 cm³/mol. The first kappa shape index (κ1) is 11.3. The molecule has 0 spiro atoms. The quantitative estimate of drug-likeness (QED) is 0.823. The van der Waals surface area contributed by atoms with Crippen LogP contribution in [0.5, 0.6) is 11.5 Å². The van der Waals surface area contributed by atoms with Crippen LogP contribution < -0.4 is 4.74 Å². The molecule has 0 aliphatic heterocycles. The molecular formula is C13H18O3. The molecule has 0 atom stereocenters. The maximum Gasteiger partial charge on any atom is 0.122 e. The summed E-state index contributed by atoms with van der Waals surface area (Å²) in [6.45, 7) is 3.79. The second kappa shape index (κ2) is 3.67. The molecule has 1 fully saturated rings. The van der Waals surface area contributed by atoms with Crippen LogP contribution in [0.15, 0.2) is 6.07 Å². The summed E-state index contributed by atoms with van der Waals surface area (Å²) in [4.78, 5) is 0. The summed E-state index contributed by atoms with van der Waals surface area (Å²) in [6, 6.07) is 1.83. The van der Waals surface area contributed by atoms with Gasteiger partial charge < -0.3 is 14.9 Å². The van der Waals surface area contributed by atoms with Crippen LogP contribution in [0, 0.1) is 13.8 Å². The Morgan fingerprint density at radius 2 is 1.94 bits per heavy atom. The predicted octanol–water partition coefficient (Wildman–Crippen LogP) is 2.09. The molecule has 0 saturated heterocycles. The van der Waals surface area contributed by atoms with Crippen LogP contribution in [0.4, 0.5) is 0 Å². The molecule has 2 N–H and O–H groups in total. The van der Waals surface area contributed by atoms with Crippen molar-refractivity contribution < 1.29 is 14.9 Å². The fourth-order valence-corrected chi connectivity index (χ4v) is 1.96. The Kier molecular flexibility index (Phi) is 2.58. The Balaban J connectivity index is 2.40. The molecule has 1 aromatic rings. The largest absolute Gasteiger partial charge is 0.507 e. The van der Waals surface area contributed by atoms with Crippen molar-refractivity contribution in [2.75, 3.05) is 7.11 Å². The first-order valence-electron chi connectivity index (χ1n) is 5.55. The zero-order chi connectivity index (χ0) is 11.9. The summed E-state index contributed by atoms with van der Waals surface area (Å²) in [5.41, 5.74) is 1.97. The van der Waals surface area contributed by atoms with Crippen LogP contribution in [-0.4, -0.2) is 22.9 Å². The van der Waals surface area contributed by atoms with Gasteiger partial charge in [0, 0.05) is 12.0 Å². The second-order valence-electron chi connectivity index (χ2n) is 4.74. The Morgan fingerprint density at radius 3 is 2.44 bits per heavy atom. The van der Waals surface area contributed by atoms with E-state index in [1.807, 2.05) is 19.9 Å². The topological polar surface area (TPSA) is 49.7 Å². The zero-order valence-corrected chi connectivity index (χ0v) is 10.0. The highest BCUT2D eigenvalue weighted by atomic mass is 16.5. The number of phenols is 1. The van der Waals surface area contributed by atoms with Crippen molar-refractivity contribution in [1.29, 1.82) is 0 Å². The van der Waals surface area contributed by atoms with Gasteiger partial charge in [-0.1, -0.05) is 0 Å². The van der Waals surface area contributed by atoms with Gasteiger partial charge in [-0.25, -0.2) is 0 Å². The zero-order valence-electron chi connectivity index (χ0n) is 10.0. The smallest absolute Gasteiger partial charge is 0.122 e. The molecule has 3 heteroatoms. The van der Waals surface area contributed by atoms with Gasteiger partial charge in [-0.15, -0.1) is 0 Å². The van der Waals surface area contributed by atoms with Crippen LogP contribution in [0.25, 0.3) is 0 Å². The second-order valence-corrected chi connectivity index (χ2v) is 4.74. The molecule has 1 saturated carbocycles. The Labute approximate surface area is 95.7 Å². The molecule has 1 aliphatic rings. The maximum atomic E-state index is 10.0. The summed E-state index contributed by atoms with van der Waals surface area (Å²) in [7, 11) is 1.62. The van der Waals surface area contributed by atoms with E-state index in [1.54, 1.807) is 7.11 Å². The molecule has 0 unspecified atom stereocenters. The molecule has 0 amide bonds. The number of ether oxygens (including phenoxy) is 1. The van der Waals surface area contributed by atoms with E-state index in [1.165, 1.54) is 0 Å². The van der Waals surface area contributed by atoms with Gasteiger partial charge in [0.05, 0.1) is 12.7 Å². The van der Waals surface area contributed by atoms with Crippen LogP contribution in [0.2, 0.25) is 0 Å². The van der Waals surface area contributed by atoms with Gasteiger partial charge in [-0.05, 0) is 43.9 Å². The van der Waals surface area contributed by atoms with Crippen molar-refractivity contribution in [2.24, 2.45) is 0 Å². The number of aliphatic hydroxyl groups is 1. The molecule has 0 aromatic heterocycles. The molecule has 16 heavy (non-hydrogen) atoms. The number of rotatable bonds is 3. The average molecular weight is 222 g/mol. The number of hydrogen-bond acceptors (Lipinski definition) is 3. The number of aromatic hydroxyl groups is 1. The van der Waals surface area contributed by atoms with Gasteiger partial charge in [-0.3, -0.25) is 0 Å². The molecule has 0 bridgehead atoms. The van der Waals surface area contributed by atoms with Gasteiger partial charge in [-0.2, -0.15) is 0 Å².